The molecule has 0 spiro atoms. The maximum absolute atomic E-state index is 13.0. The fourth-order valence-corrected chi connectivity index (χ4v) is 2.17. The Bertz CT molecular complexity index is 643. The van der Waals surface area contributed by atoms with Crippen LogP contribution in [-0.4, -0.2) is 17.8 Å². The smallest absolute Gasteiger partial charge is 0.162 e. The Hall–Kier alpha value is -2.30. The summed E-state index contributed by atoms with van der Waals surface area (Å²) in [5.74, 6) is -0.794. The highest BCUT2D eigenvalue weighted by atomic mass is 19.2. The summed E-state index contributed by atoms with van der Waals surface area (Å²) in [6.07, 6.45) is 0.262. The summed E-state index contributed by atoms with van der Waals surface area (Å²) in [6, 6.07) is 8.44. The highest BCUT2D eigenvalue weighted by Crippen LogP contribution is 2.35. The minimum Gasteiger partial charge on any atom is -0.508 e. The molecule has 0 amide bonds. The fraction of sp³-hybridized carbons (Fsp3) is 0.200. The van der Waals surface area contributed by atoms with Crippen molar-refractivity contribution < 1.29 is 23.4 Å². The first kappa shape index (κ1) is 12.7. The van der Waals surface area contributed by atoms with Gasteiger partial charge in [0.25, 0.3) is 0 Å². The molecule has 1 atom stereocenters. The number of halogens is 2. The summed E-state index contributed by atoms with van der Waals surface area (Å²) in [5, 5.41) is 9.69. The molecule has 0 aromatic heterocycles. The second-order valence-electron chi connectivity index (χ2n) is 4.58. The molecule has 1 unspecified atom stereocenters. The van der Waals surface area contributed by atoms with Crippen molar-refractivity contribution in [2.45, 2.75) is 12.5 Å². The van der Waals surface area contributed by atoms with Crippen molar-refractivity contribution in [1.82, 2.24) is 0 Å². The van der Waals surface area contributed by atoms with Gasteiger partial charge in [-0.1, -0.05) is 6.07 Å². The van der Waals surface area contributed by atoms with E-state index in [1.54, 1.807) is 18.2 Å². The average Bonchev–Trinajstić information content (AvgIpc) is 2.85. The number of rotatable bonds is 3. The van der Waals surface area contributed by atoms with Gasteiger partial charge in [-0.2, -0.15) is 0 Å². The summed E-state index contributed by atoms with van der Waals surface area (Å²) >= 11 is 0. The summed E-state index contributed by atoms with van der Waals surface area (Å²) in [4.78, 5) is 0. The topological polar surface area (TPSA) is 38.7 Å². The summed E-state index contributed by atoms with van der Waals surface area (Å²) < 4.78 is 36.8. The van der Waals surface area contributed by atoms with Crippen LogP contribution in [0.3, 0.4) is 0 Å². The molecular weight excluding hydrogens is 266 g/mol. The third-order valence-corrected chi connectivity index (χ3v) is 3.16. The molecule has 0 aliphatic carbocycles. The Morgan fingerprint density at radius 1 is 1.20 bits per heavy atom. The van der Waals surface area contributed by atoms with Crippen LogP contribution in [0.5, 0.6) is 17.2 Å². The molecule has 1 aliphatic heterocycles. The van der Waals surface area contributed by atoms with Crippen LogP contribution in [0.25, 0.3) is 0 Å². The second-order valence-corrected chi connectivity index (χ2v) is 4.58. The number of phenols is 1. The lowest BCUT2D eigenvalue weighted by Gasteiger charge is -2.12. The molecule has 2 aromatic carbocycles. The van der Waals surface area contributed by atoms with Crippen LogP contribution < -0.4 is 9.47 Å². The molecule has 0 saturated carbocycles. The van der Waals surface area contributed by atoms with Gasteiger partial charge in [0.2, 0.25) is 0 Å². The molecule has 0 radical (unpaired) electrons. The van der Waals surface area contributed by atoms with Gasteiger partial charge in [0.15, 0.2) is 11.6 Å². The SMILES string of the molecule is Oc1cccc2c1CC(COc1ccc(F)c(F)c1)O2. The quantitative estimate of drug-likeness (QED) is 0.937. The van der Waals surface area contributed by atoms with E-state index in [1.165, 1.54) is 6.07 Å². The number of hydrogen-bond donors (Lipinski definition) is 1. The highest BCUT2D eigenvalue weighted by Gasteiger charge is 2.25. The van der Waals surface area contributed by atoms with Crippen LogP contribution in [-0.2, 0) is 6.42 Å². The predicted octanol–water partition coefficient (Wildman–Crippen LogP) is 3.05. The number of hydrogen-bond acceptors (Lipinski definition) is 3. The van der Waals surface area contributed by atoms with Crippen molar-refractivity contribution in [1.29, 1.82) is 0 Å². The Balaban J connectivity index is 1.64. The monoisotopic (exact) mass is 278 g/mol. The summed E-state index contributed by atoms with van der Waals surface area (Å²) in [5.41, 5.74) is 0.742. The van der Waals surface area contributed by atoms with E-state index in [4.69, 9.17) is 9.47 Å². The zero-order valence-electron chi connectivity index (χ0n) is 10.5. The molecule has 5 heteroatoms. The van der Waals surface area contributed by atoms with Crippen molar-refractivity contribution in [2.24, 2.45) is 0 Å². The van der Waals surface area contributed by atoms with Gasteiger partial charge in [0.05, 0.1) is 0 Å². The third kappa shape index (κ3) is 2.39. The Morgan fingerprint density at radius 2 is 2.05 bits per heavy atom. The molecular formula is C15H12F2O3. The molecule has 0 saturated heterocycles. The van der Waals surface area contributed by atoms with E-state index < -0.39 is 11.6 Å². The first-order valence-electron chi connectivity index (χ1n) is 6.19. The van der Waals surface area contributed by atoms with Gasteiger partial charge in [-0.05, 0) is 24.3 Å². The molecule has 104 valence electrons. The van der Waals surface area contributed by atoms with E-state index in [1.807, 2.05) is 0 Å². The Kier molecular flexibility index (Phi) is 3.18. The lowest BCUT2D eigenvalue weighted by molar-refractivity contribution is 0.148. The van der Waals surface area contributed by atoms with Crippen LogP contribution in [0.1, 0.15) is 5.56 Å². The van der Waals surface area contributed by atoms with Crippen LogP contribution in [0, 0.1) is 11.6 Å². The summed E-state index contributed by atoms with van der Waals surface area (Å²) in [6.45, 7) is 0.194. The van der Waals surface area contributed by atoms with E-state index >= 15 is 0 Å². The lowest BCUT2D eigenvalue weighted by atomic mass is 10.1. The van der Waals surface area contributed by atoms with Gasteiger partial charge in [-0.25, -0.2) is 8.78 Å². The number of phenolic OH excluding ortho intramolecular Hbond substituents is 1. The molecule has 3 nitrogen and oxygen atoms in total. The van der Waals surface area contributed by atoms with Gasteiger partial charge in [-0.3, -0.25) is 0 Å². The third-order valence-electron chi connectivity index (χ3n) is 3.16. The van der Waals surface area contributed by atoms with Crippen molar-refractivity contribution >= 4 is 0 Å². The van der Waals surface area contributed by atoms with E-state index in [0.717, 1.165) is 17.7 Å². The maximum Gasteiger partial charge on any atom is 0.162 e. The zero-order valence-corrected chi connectivity index (χ0v) is 10.5. The standard InChI is InChI=1S/C15H12F2O3/c16-12-5-4-9(7-13(12)17)19-8-10-6-11-14(18)2-1-3-15(11)20-10/h1-5,7,10,18H,6,8H2. The van der Waals surface area contributed by atoms with Crippen molar-refractivity contribution in [3.8, 4) is 17.2 Å². The molecule has 2 aromatic rings. The van der Waals surface area contributed by atoms with Gasteiger partial charge in [-0.15, -0.1) is 0 Å². The van der Waals surface area contributed by atoms with Gasteiger partial charge in [0, 0.05) is 18.1 Å². The minimum absolute atomic E-state index is 0.192. The Labute approximate surface area is 114 Å². The Morgan fingerprint density at radius 3 is 2.80 bits per heavy atom. The first-order chi connectivity index (χ1) is 9.63. The normalized spacial score (nSPS) is 16.6. The second kappa shape index (κ2) is 5.00. The lowest BCUT2D eigenvalue weighted by Crippen LogP contribution is -2.22. The zero-order chi connectivity index (χ0) is 14.1. The highest BCUT2D eigenvalue weighted by molar-refractivity contribution is 5.46. The van der Waals surface area contributed by atoms with Crippen LogP contribution in [0.4, 0.5) is 8.78 Å². The van der Waals surface area contributed by atoms with Crippen LogP contribution >= 0.6 is 0 Å². The molecule has 1 aliphatic rings. The van der Waals surface area contributed by atoms with Gasteiger partial charge >= 0.3 is 0 Å². The van der Waals surface area contributed by atoms with Crippen molar-refractivity contribution in [3.63, 3.8) is 0 Å². The van der Waals surface area contributed by atoms with Crippen molar-refractivity contribution in [3.05, 3.63) is 53.6 Å². The fourth-order valence-electron chi connectivity index (χ4n) is 2.17. The minimum atomic E-state index is -0.948. The molecule has 0 bridgehead atoms. The molecule has 1 heterocycles. The summed E-state index contributed by atoms with van der Waals surface area (Å²) in [7, 11) is 0. The molecule has 3 rings (SSSR count). The van der Waals surface area contributed by atoms with Crippen LogP contribution in [0.15, 0.2) is 36.4 Å². The van der Waals surface area contributed by atoms with Gasteiger partial charge in [0.1, 0.15) is 30.0 Å². The molecule has 0 fully saturated rings. The maximum atomic E-state index is 13.0. The van der Waals surface area contributed by atoms with E-state index in [0.29, 0.717) is 12.2 Å². The number of fused-ring (bicyclic) bond motifs is 1. The van der Waals surface area contributed by atoms with E-state index in [-0.39, 0.29) is 24.2 Å². The van der Waals surface area contributed by atoms with Gasteiger partial charge < -0.3 is 14.6 Å². The number of ether oxygens (including phenoxy) is 2. The number of aromatic hydroxyl groups is 1. The van der Waals surface area contributed by atoms with E-state index in [9.17, 15) is 13.9 Å². The van der Waals surface area contributed by atoms with E-state index in [2.05, 4.69) is 0 Å². The largest absolute Gasteiger partial charge is 0.508 e. The predicted molar refractivity (Wildman–Crippen MR) is 68.1 cm³/mol. The van der Waals surface area contributed by atoms with Crippen molar-refractivity contribution in [2.75, 3.05) is 6.61 Å². The van der Waals surface area contributed by atoms with Crippen LogP contribution in [0.2, 0.25) is 0 Å². The average molecular weight is 278 g/mol. The molecule has 20 heavy (non-hydrogen) atoms. The molecule has 1 N–H and O–H groups in total. The first-order valence-corrected chi connectivity index (χ1v) is 6.19. The number of benzene rings is 2.